The Kier molecular flexibility index (Phi) is 3.34. The number of morpholine rings is 1. The molecule has 0 aliphatic carbocycles. The molecule has 1 aliphatic heterocycles. The molecule has 4 heterocycles. The molecule has 0 amide bonds. The summed E-state index contributed by atoms with van der Waals surface area (Å²) in [6.07, 6.45) is 3.61. The number of nitrogen functional groups attached to an aromatic ring is 1. The first-order valence-corrected chi connectivity index (χ1v) is 7.64. The van der Waals surface area contributed by atoms with Crippen LogP contribution in [0.5, 0.6) is 0 Å². The highest BCUT2D eigenvalue weighted by Crippen LogP contribution is 2.28. The number of anilines is 2. The largest absolute Gasteiger partial charge is 0.384 e. The van der Waals surface area contributed by atoms with Gasteiger partial charge in [0.2, 0.25) is 0 Å². The van der Waals surface area contributed by atoms with E-state index in [1.165, 1.54) is 0 Å². The summed E-state index contributed by atoms with van der Waals surface area (Å²) in [5, 5.41) is 0.985. The van der Waals surface area contributed by atoms with Gasteiger partial charge in [-0.2, -0.15) is 0 Å². The van der Waals surface area contributed by atoms with E-state index < -0.39 is 0 Å². The minimum atomic E-state index is 0.260. The normalized spacial score (nSPS) is 18.5. The van der Waals surface area contributed by atoms with Crippen LogP contribution in [0.15, 0.2) is 30.6 Å². The van der Waals surface area contributed by atoms with Crippen LogP contribution < -0.4 is 10.6 Å². The number of hydrogen-bond acceptors (Lipinski definition) is 6. The molecule has 118 valence electrons. The summed E-state index contributed by atoms with van der Waals surface area (Å²) in [6, 6.07) is 5.97. The van der Waals surface area contributed by atoms with E-state index in [0.29, 0.717) is 24.9 Å². The highest BCUT2D eigenvalue weighted by molar-refractivity contribution is 5.91. The van der Waals surface area contributed by atoms with E-state index in [2.05, 4.69) is 26.8 Å². The molecule has 0 bridgehead atoms. The number of H-pyrrole nitrogens is 1. The Morgan fingerprint density at radius 3 is 3.13 bits per heavy atom. The molecule has 0 saturated carbocycles. The number of nitrogens with one attached hydrogen (secondary N) is 1. The lowest BCUT2D eigenvalue weighted by atomic mass is 10.1. The standard InChI is InChI=1S/C16H18N6O/c1-10-9-23-7-6-22(10)14-8-13(17)20-16(21-14)12-3-5-19-15-11(12)2-4-18-15/h2-5,8,10H,6-7,9H2,1H3,(H,18,19)(H2,17,20,21)/t10-/m1/s1. The second kappa shape index (κ2) is 5.51. The summed E-state index contributed by atoms with van der Waals surface area (Å²) in [4.78, 5) is 18.8. The zero-order valence-electron chi connectivity index (χ0n) is 12.9. The van der Waals surface area contributed by atoms with E-state index in [1.54, 1.807) is 6.20 Å². The van der Waals surface area contributed by atoms with Gasteiger partial charge in [0.15, 0.2) is 5.82 Å². The summed E-state index contributed by atoms with van der Waals surface area (Å²) >= 11 is 0. The number of pyridine rings is 1. The predicted molar refractivity (Wildman–Crippen MR) is 89.2 cm³/mol. The third kappa shape index (κ3) is 2.49. The van der Waals surface area contributed by atoms with E-state index in [0.717, 1.165) is 29.0 Å². The molecule has 1 atom stereocenters. The summed E-state index contributed by atoms with van der Waals surface area (Å²) < 4.78 is 5.50. The van der Waals surface area contributed by atoms with Gasteiger partial charge in [-0.25, -0.2) is 15.0 Å². The molecule has 3 N–H and O–H groups in total. The number of aromatic amines is 1. The lowest BCUT2D eigenvalue weighted by Crippen LogP contribution is -2.44. The van der Waals surface area contributed by atoms with Crippen LogP contribution in [0.3, 0.4) is 0 Å². The SMILES string of the molecule is C[C@@H]1COCCN1c1cc(N)nc(-c2ccnc3[nH]ccc23)n1. The maximum absolute atomic E-state index is 6.04. The van der Waals surface area contributed by atoms with Gasteiger partial charge in [0.25, 0.3) is 0 Å². The third-order valence-corrected chi connectivity index (χ3v) is 4.10. The molecular weight excluding hydrogens is 292 g/mol. The second-order valence-corrected chi connectivity index (χ2v) is 5.69. The monoisotopic (exact) mass is 310 g/mol. The summed E-state index contributed by atoms with van der Waals surface area (Å²) in [6.45, 7) is 4.30. The maximum atomic E-state index is 6.04. The summed E-state index contributed by atoms with van der Waals surface area (Å²) in [5.41, 5.74) is 7.77. The van der Waals surface area contributed by atoms with Crippen molar-refractivity contribution in [3.63, 3.8) is 0 Å². The molecule has 1 fully saturated rings. The fraction of sp³-hybridized carbons (Fsp3) is 0.312. The fourth-order valence-corrected chi connectivity index (χ4v) is 2.94. The van der Waals surface area contributed by atoms with E-state index in [1.807, 2.05) is 24.4 Å². The number of fused-ring (bicyclic) bond motifs is 1. The van der Waals surface area contributed by atoms with Gasteiger partial charge < -0.3 is 20.4 Å². The molecule has 23 heavy (non-hydrogen) atoms. The first-order valence-electron chi connectivity index (χ1n) is 7.64. The fourth-order valence-electron chi connectivity index (χ4n) is 2.94. The maximum Gasteiger partial charge on any atom is 0.164 e. The van der Waals surface area contributed by atoms with E-state index >= 15 is 0 Å². The number of rotatable bonds is 2. The van der Waals surface area contributed by atoms with Gasteiger partial charge >= 0.3 is 0 Å². The van der Waals surface area contributed by atoms with Crippen molar-refractivity contribution in [3.8, 4) is 11.4 Å². The molecule has 1 saturated heterocycles. The van der Waals surface area contributed by atoms with Gasteiger partial charge in [-0.15, -0.1) is 0 Å². The lowest BCUT2D eigenvalue weighted by molar-refractivity contribution is 0.0985. The number of nitrogens with zero attached hydrogens (tertiary/aromatic N) is 4. The van der Waals surface area contributed by atoms with Crippen molar-refractivity contribution in [2.75, 3.05) is 30.4 Å². The first kappa shape index (κ1) is 14.0. The molecule has 0 radical (unpaired) electrons. The van der Waals surface area contributed by atoms with E-state index in [4.69, 9.17) is 15.5 Å². The Bertz CT molecular complexity index is 845. The number of ether oxygens (including phenoxy) is 1. The molecule has 3 aromatic heterocycles. The van der Waals surface area contributed by atoms with Gasteiger partial charge in [0.1, 0.15) is 17.3 Å². The van der Waals surface area contributed by atoms with E-state index in [9.17, 15) is 0 Å². The Hall–Kier alpha value is -2.67. The Morgan fingerprint density at radius 1 is 1.35 bits per heavy atom. The van der Waals surface area contributed by atoms with Gasteiger partial charge in [-0.1, -0.05) is 0 Å². The van der Waals surface area contributed by atoms with Gasteiger partial charge in [0.05, 0.1) is 19.3 Å². The highest BCUT2D eigenvalue weighted by Gasteiger charge is 2.21. The van der Waals surface area contributed by atoms with Crippen molar-refractivity contribution in [1.82, 2.24) is 19.9 Å². The topological polar surface area (TPSA) is 93.0 Å². The molecule has 3 aromatic rings. The number of nitrogens with two attached hydrogens (primary N) is 1. The molecule has 0 unspecified atom stereocenters. The first-order chi connectivity index (χ1) is 11.2. The molecule has 1 aliphatic rings. The van der Waals surface area contributed by atoms with Crippen molar-refractivity contribution in [2.45, 2.75) is 13.0 Å². The Labute approximate surface area is 133 Å². The number of hydrogen-bond donors (Lipinski definition) is 2. The average molecular weight is 310 g/mol. The highest BCUT2D eigenvalue weighted by atomic mass is 16.5. The van der Waals surface area contributed by atoms with Crippen LogP contribution in [-0.2, 0) is 4.74 Å². The van der Waals surface area contributed by atoms with Crippen LogP contribution in [0.4, 0.5) is 11.6 Å². The van der Waals surface area contributed by atoms with Crippen molar-refractivity contribution < 1.29 is 4.74 Å². The lowest BCUT2D eigenvalue weighted by Gasteiger charge is -2.34. The molecule has 4 rings (SSSR count). The van der Waals surface area contributed by atoms with Crippen LogP contribution in [0, 0.1) is 0 Å². The smallest absolute Gasteiger partial charge is 0.164 e. The zero-order valence-corrected chi connectivity index (χ0v) is 12.9. The molecule has 0 spiro atoms. The van der Waals surface area contributed by atoms with Crippen LogP contribution in [-0.4, -0.2) is 45.7 Å². The van der Waals surface area contributed by atoms with Crippen LogP contribution in [0.25, 0.3) is 22.4 Å². The molecule has 7 nitrogen and oxygen atoms in total. The summed E-state index contributed by atoms with van der Waals surface area (Å²) in [5.74, 6) is 1.92. The van der Waals surface area contributed by atoms with Gasteiger partial charge in [-0.3, -0.25) is 0 Å². The average Bonchev–Trinajstić information content (AvgIpc) is 3.03. The quantitative estimate of drug-likeness (QED) is 0.750. The second-order valence-electron chi connectivity index (χ2n) is 5.69. The zero-order chi connectivity index (χ0) is 15.8. The van der Waals surface area contributed by atoms with Crippen molar-refractivity contribution >= 4 is 22.7 Å². The van der Waals surface area contributed by atoms with Crippen LogP contribution in [0.1, 0.15) is 6.92 Å². The molecule has 7 heteroatoms. The van der Waals surface area contributed by atoms with Crippen molar-refractivity contribution in [3.05, 3.63) is 30.6 Å². The van der Waals surface area contributed by atoms with Crippen LogP contribution in [0.2, 0.25) is 0 Å². The summed E-state index contributed by atoms with van der Waals surface area (Å²) in [7, 11) is 0. The third-order valence-electron chi connectivity index (χ3n) is 4.10. The van der Waals surface area contributed by atoms with Crippen molar-refractivity contribution in [2.24, 2.45) is 0 Å². The predicted octanol–water partition coefficient (Wildman–Crippen LogP) is 1.83. The number of aromatic nitrogens is 4. The van der Waals surface area contributed by atoms with Gasteiger partial charge in [-0.05, 0) is 19.1 Å². The Morgan fingerprint density at radius 2 is 2.26 bits per heavy atom. The molecular formula is C16H18N6O. The minimum absolute atomic E-state index is 0.260. The van der Waals surface area contributed by atoms with Gasteiger partial charge in [0, 0.05) is 36.0 Å². The van der Waals surface area contributed by atoms with Crippen molar-refractivity contribution in [1.29, 1.82) is 0 Å². The van der Waals surface area contributed by atoms with E-state index in [-0.39, 0.29) is 6.04 Å². The Balaban J connectivity index is 1.82. The minimum Gasteiger partial charge on any atom is -0.384 e. The van der Waals surface area contributed by atoms with Crippen LogP contribution >= 0.6 is 0 Å². The molecule has 0 aromatic carbocycles.